The Hall–Kier alpha value is -1.90. The maximum atomic E-state index is 13.0. The fourth-order valence-corrected chi connectivity index (χ4v) is 6.45. The Labute approximate surface area is 179 Å². The summed E-state index contributed by atoms with van der Waals surface area (Å²) in [5.41, 5.74) is 1.88. The number of hydrogen-bond donors (Lipinski definition) is 0. The molecule has 0 aliphatic carbocycles. The van der Waals surface area contributed by atoms with Crippen LogP contribution >= 0.6 is 15.9 Å². The van der Waals surface area contributed by atoms with Crippen LogP contribution in [-0.2, 0) is 21.1 Å². The van der Waals surface area contributed by atoms with Gasteiger partial charge >= 0.3 is 0 Å². The van der Waals surface area contributed by atoms with E-state index in [1.165, 1.54) is 0 Å². The Morgan fingerprint density at radius 2 is 1.69 bits per heavy atom. The SMILES string of the molecule is COc1ccc(CCN2CC(=O)N(c3ccc(Br)cc3)C3CS(=O)(=O)CC32)cc1. The minimum atomic E-state index is -3.19. The van der Waals surface area contributed by atoms with E-state index in [1.54, 1.807) is 12.0 Å². The molecule has 0 bridgehead atoms. The van der Waals surface area contributed by atoms with E-state index in [9.17, 15) is 13.2 Å². The third-order valence-corrected chi connectivity index (χ3v) is 7.88. The quantitative estimate of drug-likeness (QED) is 0.660. The Morgan fingerprint density at radius 1 is 1.03 bits per heavy atom. The van der Waals surface area contributed by atoms with Crippen LogP contribution in [0.3, 0.4) is 0 Å². The number of fused-ring (bicyclic) bond motifs is 1. The van der Waals surface area contributed by atoms with Crippen LogP contribution in [0, 0.1) is 0 Å². The van der Waals surface area contributed by atoms with Crippen LogP contribution in [-0.4, -0.2) is 63.0 Å². The zero-order valence-corrected chi connectivity index (χ0v) is 18.5. The highest BCUT2D eigenvalue weighted by atomic mass is 79.9. The number of nitrogens with zero attached hydrogens (tertiary/aromatic N) is 2. The number of amides is 1. The summed E-state index contributed by atoms with van der Waals surface area (Å²) in [6.07, 6.45) is 0.749. The summed E-state index contributed by atoms with van der Waals surface area (Å²) in [6.45, 7) is 0.867. The Morgan fingerprint density at radius 3 is 2.34 bits per heavy atom. The fraction of sp³-hybridized carbons (Fsp3) is 0.381. The van der Waals surface area contributed by atoms with Crippen LogP contribution in [0.5, 0.6) is 5.75 Å². The van der Waals surface area contributed by atoms with E-state index in [0.717, 1.165) is 27.9 Å². The summed E-state index contributed by atoms with van der Waals surface area (Å²) in [5, 5.41) is 0. The second-order valence-electron chi connectivity index (χ2n) is 7.52. The van der Waals surface area contributed by atoms with Gasteiger partial charge in [-0.1, -0.05) is 28.1 Å². The van der Waals surface area contributed by atoms with Gasteiger partial charge in [-0.05, 0) is 48.4 Å². The molecule has 1 amide bonds. The number of hydrogen-bond acceptors (Lipinski definition) is 5. The van der Waals surface area contributed by atoms with Gasteiger partial charge in [0.15, 0.2) is 9.84 Å². The Kier molecular flexibility index (Phi) is 5.68. The first-order valence-electron chi connectivity index (χ1n) is 9.51. The molecule has 154 valence electrons. The molecule has 4 rings (SSSR count). The van der Waals surface area contributed by atoms with E-state index in [2.05, 4.69) is 15.9 Å². The number of piperazine rings is 1. The van der Waals surface area contributed by atoms with Crippen LogP contribution in [0.1, 0.15) is 5.56 Å². The zero-order valence-electron chi connectivity index (χ0n) is 16.1. The molecule has 2 aliphatic heterocycles. The highest BCUT2D eigenvalue weighted by Gasteiger charge is 2.49. The molecule has 2 unspecified atom stereocenters. The summed E-state index contributed by atoms with van der Waals surface area (Å²) >= 11 is 3.40. The molecule has 8 heteroatoms. The lowest BCUT2D eigenvalue weighted by Crippen LogP contribution is -2.62. The van der Waals surface area contributed by atoms with Gasteiger partial charge in [-0.25, -0.2) is 8.42 Å². The van der Waals surface area contributed by atoms with Crippen molar-refractivity contribution in [1.29, 1.82) is 0 Å². The second-order valence-corrected chi connectivity index (χ2v) is 10.6. The molecule has 2 saturated heterocycles. The van der Waals surface area contributed by atoms with Crippen molar-refractivity contribution >= 4 is 37.4 Å². The highest BCUT2D eigenvalue weighted by Crippen LogP contribution is 2.32. The molecule has 0 N–H and O–H groups in total. The molecular weight excluding hydrogens is 456 g/mol. The number of methoxy groups -OCH3 is 1. The van der Waals surface area contributed by atoms with Crippen molar-refractivity contribution in [1.82, 2.24) is 4.90 Å². The van der Waals surface area contributed by atoms with Crippen LogP contribution in [0.25, 0.3) is 0 Å². The van der Waals surface area contributed by atoms with Gasteiger partial charge in [0.05, 0.1) is 31.2 Å². The molecule has 2 heterocycles. The number of carbonyl (C=O) groups excluding carboxylic acids is 1. The van der Waals surface area contributed by atoms with Crippen LogP contribution < -0.4 is 9.64 Å². The van der Waals surface area contributed by atoms with E-state index in [4.69, 9.17) is 4.74 Å². The first-order chi connectivity index (χ1) is 13.9. The monoisotopic (exact) mass is 478 g/mol. The number of carbonyl (C=O) groups is 1. The van der Waals surface area contributed by atoms with Crippen LogP contribution in [0.2, 0.25) is 0 Å². The highest BCUT2D eigenvalue weighted by molar-refractivity contribution is 9.10. The van der Waals surface area contributed by atoms with Crippen LogP contribution in [0.15, 0.2) is 53.0 Å². The maximum Gasteiger partial charge on any atom is 0.241 e. The van der Waals surface area contributed by atoms with Crippen molar-refractivity contribution < 1.29 is 17.9 Å². The van der Waals surface area contributed by atoms with Gasteiger partial charge in [-0.2, -0.15) is 0 Å². The molecule has 2 aliphatic rings. The Bertz CT molecular complexity index is 992. The molecule has 2 fully saturated rings. The van der Waals surface area contributed by atoms with Crippen molar-refractivity contribution in [2.24, 2.45) is 0 Å². The van der Waals surface area contributed by atoms with E-state index in [-0.39, 0.29) is 36.0 Å². The van der Waals surface area contributed by atoms with E-state index < -0.39 is 9.84 Å². The minimum Gasteiger partial charge on any atom is -0.497 e. The summed E-state index contributed by atoms with van der Waals surface area (Å²) < 4.78 is 31.0. The summed E-state index contributed by atoms with van der Waals surface area (Å²) in [7, 11) is -1.56. The summed E-state index contributed by atoms with van der Waals surface area (Å²) in [5.74, 6) is 0.855. The van der Waals surface area contributed by atoms with Gasteiger partial charge in [0.25, 0.3) is 0 Å². The van der Waals surface area contributed by atoms with Crippen molar-refractivity contribution in [3.63, 3.8) is 0 Å². The summed E-state index contributed by atoms with van der Waals surface area (Å²) in [6, 6.07) is 14.8. The van der Waals surface area contributed by atoms with Crippen molar-refractivity contribution in [3.8, 4) is 5.75 Å². The lowest BCUT2D eigenvalue weighted by Gasteiger charge is -2.43. The normalized spacial score (nSPS) is 23.8. The average molecular weight is 479 g/mol. The van der Waals surface area contributed by atoms with Gasteiger partial charge in [0, 0.05) is 22.7 Å². The van der Waals surface area contributed by atoms with E-state index in [1.807, 2.05) is 53.4 Å². The molecule has 0 aromatic heterocycles. The number of anilines is 1. The predicted octanol–water partition coefficient (Wildman–Crippen LogP) is 2.51. The van der Waals surface area contributed by atoms with E-state index in [0.29, 0.717) is 6.54 Å². The minimum absolute atomic E-state index is 0.0124. The zero-order chi connectivity index (χ0) is 20.6. The standard InChI is InChI=1S/C21H23BrN2O4S/c1-28-18-8-2-15(3-9-18)10-11-23-12-21(25)24(17-6-4-16(22)5-7-17)20-14-29(26,27)13-19(20)23/h2-9,19-20H,10-14H2,1H3. The number of halogens is 1. The lowest BCUT2D eigenvalue weighted by molar-refractivity contribution is -0.123. The molecule has 2 aromatic carbocycles. The third kappa shape index (κ3) is 4.34. The molecule has 0 radical (unpaired) electrons. The molecule has 2 atom stereocenters. The van der Waals surface area contributed by atoms with Gasteiger partial charge in [0.1, 0.15) is 5.75 Å². The number of sulfone groups is 1. The van der Waals surface area contributed by atoms with Crippen molar-refractivity contribution in [3.05, 3.63) is 58.6 Å². The largest absolute Gasteiger partial charge is 0.497 e. The second kappa shape index (κ2) is 8.08. The van der Waals surface area contributed by atoms with Gasteiger partial charge in [-0.3, -0.25) is 9.69 Å². The number of benzene rings is 2. The fourth-order valence-electron chi connectivity index (χ4n) is 4.20. The third-order valence-electron chi connectivity index (χ3n) is 5.65. The topological polar surface area (TPSA) is 66.9 Å². The summed E-state index contributed by atoms with van der Waals surface area (Å²) in [4.78, 5) is 16.7. The smallest absolute Gasteiger partial charge is 0.241 e. The molecule has 6 nitrogen and oxygen atoms in total. The number of ether oxygens (including phenoxy) is 1. The Balaban J connectivity index is 1.54. The van der Waals surface area contributed by atoms with Crippen molar-refractivity contribution in [2.45, 2.75) is 18.5 Å². The van der Waals surface area contributed by atoms with Gasteiger partial charge in [-0.15, -0.1) is 0 Å². The first-order valence-corrected chi connectivity index (χ1v) is 12.1. The molecule has 29 heavy (non-hydrogen) atoms. The maximum absolute atomic E-state index is 13.0. The molecular formula is C21H23BrN2O4S. The van der Waals surface area contributed by atoms with Crippen molar-refractivity contribution in [2.75, 3.05) is 36.6 Å². The van der Waals surface area contributed by atoms with Crippen LogP contribution in [0.4, 0.5) is 5.69 Å². The van der Waals surface area contributed by atoms with E-state index >= 15 is 0 Å². The van der Waals surface area contributed by atoms with Gasteiger partial charge < -0.3 is 9.64 Å². The average Bonchev–Trinajstić information content (AvgIpc) is 3.02. The molecule has 2 aromatic rings. The first kappa shape index (κ1) is 20.4. The lowest BCUT2D eigenvalue weighted by atomic mass is 10.0. The number of rotatable bonds is 5. The predicted molar refractivity (Wildman–Crippen MR) is 116 cm³/mol. The molecule has 0 spiro atoms. The van der Waals surface area contributed by atoms with Gasteiger partial charge in [0.2, 0.25) is 5.91 Å². The molecule has 0 saturated carbocycles.